The molecule has 0 aliphatic carbocycles. The number of hydrogen-bond donors (Lipinski definition) is 1. The first-order chi connectivity index (χ1) is 14.9. The number of rotatable bonds is 6. The van der Waals surface area contributed by atoms with Gasteiger partial charge in [0, 0.05) is 36.3 Å². The number of piperidine rings is 1. The molecule has 1 aliphatic heterocycles. The number of nitrogens with zero attached hydrogens (tertiary/aromatic N) is 3. The van der Waals surface area contributed by atoms with Gasteiger partial charge in [0.05, 0.1) is 11.4 Å². The van der Waals surface area contributed by atoms with Gasteiger partial charge in [-0.1, -0.05) is 41.9 Å². The summed E-state index contributed by atoms with van der Waals surface area (Å²) in [7, 11) is -3.52. The van der Waals surface area contributed by atoms with Crippen LogP contribution in [0.1, 0.15) is 18.4 Å². The smallest absolute Gasteiger partial charge is 0.243 e. The van der Waals surface area contributed by atoms with Crippen LogP contribution in [-0.4, -0.2) is 41.5 Å². The van der Waals surface area contributed by atoms with Gasteiger partial charge in [0.1, 0.15) is 0 Å². The molecule has 4 rings (SSSR count). The summed E-state index contributed by atoms with van der Waals surface area (Å²) >= 11 is 6.02. The molecule has 0 spiro atoms. The lowest BCUT2D eigenvalue weighted by molar-refractivity contribution is -0.120. The Balaban J connectivity index is 1.32. The minimum Gasteiger partial charge on any atom is -0.309 e. The number of halogens is 1. The number of aromatic nitrogens is 2. The molecular formula is C22H23ClN4O3S. The number of nitrogens with one attached hydrogen (secondary N) is 1. The van der Waals surface area contributed by atoms with Crippen molar-refractivity contribution >= 4 is 33.3 Å². The molecule has 2 heterocycles. The highest BCUT2D eigenvalue weighted by molar-refractivity contribution is 7.89. The van der Waals surface area contributed by atoms with E-state index in [-0.39, 0.29) is 16.7 Å². The maximum absolute atomic E-state index is 12.7. The highest BCUT2D eigenvalue weighted by Crippen LogP contribution is 2.24. The van der Waals surface area contributed by atoms with E-state index < -0.39 is 10.0 Å². The van der Waals surface area contributed by atoms with E-state index in [1.165, 1.54) is 4.31 Å². The number of amides is 1. The van der Waals surface area contributed by atoms with Gasteiger partial charge in [-0.2, -0.15) is 9.40 Å². The molecule has 31 heavy (non-hydrogen) atoms. The second-order valence-electron chi connectivity index (χ2n) is 7.51. The standard InChI is InChI=1S/C22H23ClN4O3S/c23-19-6-4-5-17(15-19)16-26-12-11-21(25-26)24-22(28)18-9-13-27(14-10-18)31(29,30)20-7-2-1-3-8-20/h1-8,11-12,15,18H,9-10,13-14,16H2,(H,24,25,28). The van der Waals surface area contributed by atoms with Gasteiger partial charge in [-0.25, -0.2) is 8.42 Å². The second-order valence-corrected chi connectivity index (χ2v) is 9.88. The molecule has 0 bridgehead atoms. The van der Waals surface area contributed by atoms with Crippen molar-refractivity contribution in [2.75, 3.05) is 18.4 Å². The third-order valence-corrected chi connectivity index (χ3v) is 7.48. The fraction of sp³-hybridized carbons (Fsp3) is 0.273. The topological polar surface area (TPSA) is 84.3 Å². The van der Waals surface area contributed by atoms with Crippen molar-refractivity contribution < 1.29 is 13.2 Å². The Labute approximate surface area is 186 Å². The molecular weight excluding hydrogens is 436 g/mol. The van der Waals surface area contributed by atoms with Crippen molar-refractivity contribution in [2.45, 2.75) is 24.3 Å². The number of benzene rings is 2. The van der Waals surface area contributed by atoms with Crippen molar-refractivity contribution in [3.05, 3.63) is 77.4 Å². The first kappa shape index (κ1) is 21.5. The fourth-order valence-electron chi connectivity index (χ4n) is 3.67. The first-order valence-electron chi connectivity index (χ1n) is 10.1. The Morgan fingerprint density at radius 2 is 1.81 bits per heavy atom. The van der Waals surface area contributed by atoms with Crippen molar-refractivity contribution in [1.82, 2.24) is 14.1 Å². The van der Waals surface area contributed by atoms with Crippen LogP contribution < -0.4 is 5.32 Å². The van der Waals surface area contributed by atoms with Crippen LogP contribution in [0.4, 0.5) is 5.82 Å². The SMILES string of the molecule is O=C(Nc1ccn(Cc2cccc(Cl)c2)n1)C1CCN(S(=O)(=O)c2ccccc2)CC1. The summed E-state index contributed by atoms with van der Waals surface area (Å²) < 4.78 is 28.6. The Hall–Kier alpha value is -2.68. The number of carbonyl (C=O) groups excluding carboxylic acids is 1. The van der Waals surface area contributed by atoms with E-state index in [0.717, 1.165) is 5.56 Å². The fourth-order valence-corrected chi connectivity index (χ4v) is 5.37. The van der Waals surface area contributed by atoms with Crippen LogP contribution in [0.15, 0.2) is 71.8 Å². The van der Waals surface area contributed by atoms with Crippen LogP contribution in [0.3, 0.4) is 0 Å². The van der Waals surface area contributed by atoms with E-state index in [0.29, 0.717) is 43.3 Å². The summed E-state index contributed by atoms with van der Waals surface area (Å²) in [4.78, 5) is 12.9. The molecule has 9 heteroatoms. The molecule has 1 aliphatic rings. The zero-order chi connectivity index (χ0) is 21.8. The highest BCUT2D eigenvalue weighted by atomic mass is 35.5. The molecule has 0 saturated carbocycles. The lowest BCUT2D eigenvalue weighted by atomic mass is 9.97. The normalized spacial score (nSPS) is 15.6. The summed E-state index contributed by atoms with van der Waals surface area (Å²) in [6.45, 7) is 1.18. The van der Waals surface area contributed by atoms with Crippen LogP contribution in [-0.2, 0) is 21.4 Å². The third kappa shape index (κ3) is 5.15. The van der Waals surface area contributed by atoms with Crippen LogP contribution in [0.5, 0.6) is 0 Å². The molecule has 3 aromatic rings. The van der Waals surface area contributed by atoms with E-state index >= 15 is 0 Å². The van der Waals surface area contributed by atoms with Crippen LogP contribution in [0.2, 0.25) is 5.02 Å². The predicted molar refractivity (Wildman–Crippen MR) is 119 cm³/mol. The second kappa shape index (κ2) is 9.21. The average molecular weight is 459 g/mol. The molecule has 2 aromatic carbocycles. The molecule has 1 amide bonds. The van der Waals surface area contributed by atoms with E-state index in [2.05, 4.69) is 10.4 Å². The molecule has 0 radical (unpaired) electrons. The van der Waals surface area contributed by atoms with E-state index in [9.17, 15) is 13.2 Å². The molecule has 0 unspecified atom stereocenters. The number of hydrogen-bond acceptors (Lipinski definition) is 4. The number of anilines is 1. The van der Waals surface area contributed by atoms with Crippen LogP contribution in [0.25, 0.3) is 0 Å². The largest absolute Gasteiger partial charge is 0.309 e. The first-order valence-corrected chi connectivity index (χ1v) is 11.9. The number of carbonyl (C=O) groups is 1. The van der Waals surface area contributed by atoms with Crippen LogP contribution in [0, 0.1) is 5.92 Å². The van der Waals surface area contributed by atoms with Crippen molar-refractivity contribution in [1.29, 1.82) is 0 Å². The average Bonchev–Trinajstić information content (AvgIpc) is 3.21. The molecule has 1 N–H and O–H groups in total. The summed E-state index contributed by atoms with van der Waals surface area (Å²) in [5.41, 5.74) is 1.01. The summed E-state index contributed by atoms with van der Waals surface area (Å²) in [5.74, 6) is 0.0939. The lowest BCUT2D eigenvalue weighted by Crippen LogP contribution is -2.41. The monoisotopic (exact) mass is 458 g/mol. The van der Waals surface area contributed by atoms with E-state index in [1.807, 2.05) is 24.3 Å². The molecule has 1 saturated heterocycles. The zero-order valence-electron chi connectivity index (χ0n) is 16.8. The lowest BCUT2D eigenvalue weighted by Gasteiger charge is -2.30. The zero-order valence-corrected chi connectivity index (χ0v) is 18.4. The van der Waals surface area contributed by atoms with Gasteiger partial charge in [-0.15, -0.1) is 0 Å². The molecule has 0 atom stereocenters. The van der Waals surface area contributed by atoms with E-state index in [4.69, 9.17) is 11.6 Å². The summed E-state index contributed by atoms with van der Waals surface area (Å²) in [6, 6.07) is 17.7. The minimum absolute atomic E-state index is 0.134. The van der Waals surface area contributed by atoms with Crippen molar-refractivity contribution in [2.24, 2.45) is 5.92 Å². The third-order valence-electron chi connectivity index (χ3n) is 5.33. The molecule has 162 valence electrons. The van der Waals surface area contributed by atoms with Crippen molar-refractivity contribution in [3.63, 3.8) is 0 Å². The Morgan fingerprint density at radius 1 is 1.06 bits per heavy atom. The Morgan fingerprint density at radius 3 is 2.52 bits per heavy atom. The summed E-state index contributed by atoms with van der Waals surface area (Å²) in [6.07, 6.45) is 2.74. The highest BCUT2D eigenvalue weighted by Gasteiger charge is 2.32. The van der Waals surface area contributed by atoms with Gasteiger partial charge in [-0.3, -0.25) is 9.48 Å². The van der Waals surface area contributed by atoms with Gasteiger partial charge in [0.2, 0.25) is 15.9 Å². The van der Waals surface area contributed by atoms with Gasteiger partial charge < -0.3 is 5.32 Å². The van der Waals surface area contributed by atoms with Gasteiger partial charge in [0.15, 0.2) is 5.82 Å². The van der Waals surface area contributed by atoms with E-state index in [1.54, 1.807) is 47.3 Å². The quantitative estimate of drug-likeness (QED) is 0.611. The minimum atomic E-state index is -3.52. The molecule has 7 nitrogen and oxygen atoms in total. The van der Waals surface area contributed by atoms with Crippen molar-refractivity contribution in [3.8, 4) is 0 Å². The number of sulfonamides is 1. The molecule has 1 fully saturated rings. The summed E-state index contributed by atoms with van der Waals surface area (Å²) in [5, 5.41) is 7.91. The Bertz CT molecular complexity index is 1160. The van der Waals surface area contributed by atoms with Gasteiger partial charge in [0.25, 0.3) is 0 Å². The maximum atomic E-state index is 12.7. The Kier molecular flexibility index (Phi) is 6.41. The maximum Gasteiger partial charge on any atom is 0.243 e. The van der Waals surface area contributed by atoms with Gasteiger partial charge >= 0.3 is 0 Å². The predicted octanol–water partition coefficient (Wildman–Crippen LogP) is 3.62. The van der Waals surface area contributed by atoms with Crippen LogP contribution >= 0.6 is 11.6 Å². The van der Waals surface area contributed by atoms with Gasteiger partial charge in [-0.05, 0) is 42.7 Å². The molecule has 1 aromatic heterocycles.